The van der Waals surface area contributed by atoms with Crippen molar-refractivity contribution in [2.45, 2.75) is 33.1 Å². The minimum atomic E-state index is -2.33. The van der Waals surface area contributed by atoms with E-state index < -0.39 is 13.0 Å². The van der Waals surface area contributed by atoms with Crippen LogP contribution in [0.2, 0.25) is 0 Å². The molecule has 0 amide bonds. The van der Waals surface area contributed by atoms with Crippen LogP contribution in [0.5, 0.6) is 0 Å². The summed E-state index contributed by atoms with van der Waals surface area (Å²) in [5.41, 5.74) is 0. The van der Waals surface area contributed by atoms with Gasteiger partial charge in [-0.05, 0) is 12.3 Å². The molecule has 1 nitrogen and oxygen atoms in total. The number of hydrogen-bond donors (Lipinski definition) is 0. The lowest BCUT2D eigenvalue weighted by Crippen LogP contribution is -2.07. The second kappa shape index (κ2) is 6.53. The number of ether oxygens (including phenoxy) is 1. The van der Waals surface area contributed by atoms with E-state index in [-0.39, 0.29) is 0 Å². The third-order valence-electron chi connectivity index (χ3n) is 1.70. The van der Waals surface area contributed by atoms with Gasteiger partial charge in [0, 0.05) is 6.61 Å². The summed E-state index contributed by atoms with van der Waals surface area (Å²) in [6, 6.07) is 0. The Balaban J connectivity index is 3.01. The van der Waals surface area contributed by atoms with E-state index in [0.29, 0.717) is 12.5 Å². The van der Waals surface area contributed by atoms with Gasteiger partial charge in [-0.1, -0.05) is 20.3 Å². The van der Waals surface area contributed by atoms with Gasteiger partial charge in [0.2, 0.25) is 0 Å². The zero-order valence-corrected chi connectivity index (χ0v) is 7.15. The maximum absolute atomic E-state index is 11.5. The molecule has 0 aromatic heterocycles. The monoisotopic (exact) mass is 166 g/mol. The van der Waals surface area contributed by atoms with E-state index in [1.807, 2.05) is 0 Å². The lowest BCUT2D eigenvalue weighted by Gasteiger charge is -2.07. The van der Waals surface area contributed by atoms with E-state index in [1.165, 1.54) is 0 Å². The molecule has 0 aliphatic heterocycles. The molecule has 68 valence electrons. The topological polar surface area (TPSA) is 9.23 Å². The molecule has 0 saturated heterocycles. The predicted molar refractivity (Wildman–Crippen MR) is 40.9 cm³/mol. The molecule has 0 aromatic carbocycles. The average Bonchev–Trinajstić information content (AvgIpc) is 1.97. The third kappa shape index (κ3) is 7.72. The molecule has 0 spiro atoms. The Morgan fingerprint density at radius 1 is 1.36 bits per heavy atom. The highest BCUT2D eigenvalue weighted by atomic mass is 19.3. The molecule has 0 bridgehead atoms. The maximum atomic E-state index is 11.5. The zero-order valence-electron chi connectivity index (χ0n) is 7.15. The van der Waals surface area contributed by atoms with Gasteiger partial charge in [0.05, 0.1) is 0 Å². The van der Waals surface area contributed by atoms with Gasteiger partial charge in [-0.2, -0.15) is 0 Å². The Hall–Kier alpha value is -0.180. The van der Waals surface area contributed by atoms with E-state index in [1.54, 1.807) is 0 Å². The SMILES string of the molecule is CC[C@@H](C)CCOCC(F)F. The number of alkyl halides is 2. The van der Waals surface area contributed by atoms with Crippen molar-refractivity contribution in [1.82, 2.24) is 0 Å². The number of hydrogen-bond acceptors (Lipinski definition) is 1. The molecule has 0 aliphatic carbocycles. The summed E-state index contributed by atoms with van der Waals surface area (Å²) in [6.07, 6.45) is -0.367. The molecule has 0 fully saturated rings. The highest BCUT2D eigenvalue weighted by Gasteiger charge is 2.02. The van der Waals surface area contributed by atoms with Crippen LogP contribution < -0.4 is 0 Å². The molecule has 0 saturated carbocycles. The first kappa shape index (κ1) is 10.8. The first-order valence-corrected chi connectivity index (χ1v) is 4.02. The highest BCUT2D eigenvalue weighted by Crippen LogP contribution is 2.06. The average molecular weight is 166 g/mol. The van der Waals surface area contributed by atoms with Crippen LogP contribution >= 0.6 is 0 Å². The second-order valence-corrected chi connectivity index (χ2v) is 2.77. The van der Waals surface area contributed by atoms with Gasteiger partial charge in [-0.15, -0.1) is 0 Å². The molecule has 11 heavy (non-hydrogen) atoms. The number of halogens is 2. The van der Waals surface area contributed by atoms with Crippen LogP contribution in [0.1, 0.15) is 26.7 Å². The molecule has 3 heteroatoms. The van der Waals surface area contributed by atoms with Crippen molar-refractivity contribution in [2.24, 2.45) is 5.92 Å². The summed E-state index contributed by atoms with van der Waals surface area (Å²) in [5, 5.41) is 0. The fourth-order valence-electron chi connectivity index (χ4n) is 0.661. The largest absolute Gasteiger partial charge is 0.376 e. The molecule has 0 aliphatic rings. The molecule has 0 rings (SSSR count). The zero-order chi connectivity index (χ0) is 8.69. The van der Waals surface area contributed by atoms with Crippen LogP contribution in [-0.2, 0) is 4.74 Å². The smallest absolute Gasteiger partial charge is 0.261 e. The lowest BCUT2D eigenvalue weighted by molar-refractivity contribution is 0.0134. The Morgan fingerprint density at radius 2 is 2.00 bits per heavy atom. The van der Waals surface area contributed by atoms with E-state index in [0.717, 1.165) is 12.8 Å². The quantitative estimate of drug-likeness (QED) is 0.551. The Bertz CT molecular complexity index is 86.2. The van der Waals surface area contributed by atoms with Gasteiger partial charge >= 0.3 is 0 Å². The summed E-state index contributed by atoms with van der Waals surface area (Å²) in [7, 11) is 0. The highest BCUT2D eigenvalue weighted by molar-refractivity contribution is 4.48. The Morgan fingerprint density at radius 3 is 2.45 bits per heavy atom. The molecule has 0 unspecified atom stereocenters. The molecular formula is C8H16F2O. The van der Waals surface area contributed by atoms with Crippen molar-refractivity contribution in [3.05, 3.63) is 0 Å². The van der Waals surface area contributed by atoms with Crippen LogP contribution in [-0.4, -0.2) is 19.6 Å². The number of rotatable bonds is 6. The summed E-state index contributed by atoms with van der Waals surface area (Å²) in [4.78, 5) is 0. The van der Waals surface area contributed by atoms with Gasteiger partial charge in [0.1, 0.15) is 6.61 Å². The van der Waals surface area contributed by atoms with E-state index in [4.69, 9.17) is 4.74 Å². The molecule has 0 aromatic rings. The minimum absolute atomic E-state index is 0.420. The lowest BCUT2D eigenvalue weighted by atomic mass is 10.1. The van der Waals surface area contributed by atoms with Gasteiger partial charge in [-0.25, -0.2) is 8.78 Å². The molecule has 0 radical (unpaired) electrons. The molecule has 1 atom stereocenters. The summed E-state index contributed by atoms with van der Waals surface area (Å²) < 4.78 is 27.7. The maximum Gasteiger partial charge on any atom is 0.261 e. The first-order valence-electron chi connectivity index (χ1n) is 4.02. The molecular weight excluding hydrogens is 150 g/mol. The van der Waals surface area contributed by atoms with Crippen molar-refractivity contribution in [1.29, 1.82) is 0 Å². The first-order chi connectivity index (χ1) is 5.16. The van der Waals surface area contributed by atoms with Crippen LogP contribution in [0.4, 0.5) is 8.78 Å². The van der Waals surface area contributed by atoms with Crippen molar-refractivity contribution in [3.63, 3.8) is 0 Å². The Kier molecular flexibility index (Phi) is 6.42. The van der Waals surface area contributed by atoms with Gasteiger partial charge in [-0.3, -0.25) is 0 Å². The molecule has 0 heterocycles. The summed E-state index contributed by atoms with van der Waals surface area (Å²) >= 11 is 0. The van der Waals surface area contributed by atoms with Crippen molar-refractivity contribution >= 4 is 0 Å². The van der Waals surface area contributed by atoms with Crippen LogP contribution in [0, 0.1) is 5.92 Å². The standard InChI is InChI=1S/C8H16F2O/c1-3-7(2)4-5-11-6-8(9)10/h7-8H,3-6H2,1-2H3/t7-/m1/s1. The van der Waals surface area contributed by atoms with E-state index in [9.17, 15) is 8.78 Å². The van der Waals surface area contributed by atoms with Gasteiger partial charge in [0.15, 0.2) is 0 Å². The van der Waals surface area contributed by atoms with Gasteiger partial charge < -0.3 is 4.74 Å². The van der Waals surface area contributed by atoms with Crippen LogP contribution in [0.15, 0.2) is 0 Å². The minimum Gasteiger partial charge on any atom is -0.376 e. The second-order valence-electron chi connectivity index (χ2n) is 2.77. The van der Waals surface area contributed by atoms with Crippen LogP contribution in [0.3, 0.4) is 0 Å². The third-order valence-corrected chi connectivity index (χ3v) is 1.70. The summed E-state index contributed by atoms with van der Waals surface area (Å²) in [5.74, 6) is 0.577. The fraction of sp³-hybridized carbons (Fsp3) is 1.00. The van der Waals surface area contributed by atoms with Crippen molar-refractivity contribution < 1.29 is 13.5 Å². The van der Waals surface area contributed by atoms with Crippen molar-refractivity contribution in [3.8, 4) is 0 Å². The Labute approximate surface area is 66.7 Å². The van der Waals surface area contributed by atoms with Gasteiger partial charge in [0.25, 0.3) is 6.43 Å². The molecule has 0 N–H and O–H groups in total. The summed E-state index contributed by atoms with van der Waals surface area (Å²) in [6.45, 7) is 4.21. The van der Waals surface area contributed by atoms with E-state index >= 15 is 0 Å². The van der Waals surface area contributed by atoms with Crippen LogP contribution in [0.25, 0.3) is 0 Å². The predicted octanol–water partition coefficient (Wildman–Crippen LogP) is 2.70. The normalized spacial score (nSPS) is 13.9. The van der Waals surface area contributed by atoms with E-state index in [2.05, 4.69) is 13.8 Å². The fourth-order valence-corrected chi connectivity index (χ4v) is 0.661. The van der Waals surface area contributed by atoms with Crippen molar-refractivity contribution in [2.75, 3.05) is 13.2 Å².